The van der Waals surface area contributed by atoms with Crippen LogP contribution in [0.4, 0.5) is 0 Å². The average Bonchev–Trinajstić information content (AvgIpc) is 2.67. The number of rotatable bonds is 9. The van der Waals surface area contributed by atoms with Crippen LogP contribution in [0.1, 0.15) is 34.7 Å². The van der Waals surface area contributed by atoms with Crippen molar-refractivity contribution in [3.63, 3.8) is 0 Å². The van der Waals surface area contributed by atoms with Crippen molar-refractivity contribution in [1.82, 2.24) is 5.32 Å². The Balaban J connectivity index is 1.95. The SMILES string of the molecule is COc1ccc(C(=O)NCCC(CCO)c2ccccc2)cc1OC. The van der Waals surface area contributed by atoms with Gasteiger partial charge in [0.2, 0.25) is 0 Å². The lowest BCUT2D eigenvalue weighted by molar-refractivity contribution is 0.0951. The summed E-state index contributed by atoms with van der Waals surface area (Å²) in [5.74, 6) is 1.18. The molecule has 0 aliphatic heterocycles. The van der Waals surface area contributed by atoms with Crippen molar-refractivity contribution in [1.29, 1.82) is 0 Å². The molecule has 0 bridgehead atoms. The van der Waals surface area contributed by atoms with Crippen LogP contribution in [0.2, 0.25) is 0 Å². The molecule has 0 heterocycles. The highest BCUT2D eigenvalue weighted by Crippen LogP contribution is 2.27. The molecule has 0 spiro atoms. The molecular weight excluding hydrogens is 318 g/mol. The quantitative estimate of drug-likeness (QED) is 0.734. The molecule has 2 rings (SSSR count). The minimum atomic E-state index is -0.156. The summed E-state index contributed by atoms with van der Waals surface area (Å²) in [6.07, 6.45) is 1.44. The highest BCUT2D eigenvalue weighted by Gasteiger charge is 2.13. The molecule has 0 radical (unpaired) electrons. The first-order valence-electron chi connectivity index (χ1n) is 8.35. The standard InChI is InChI=1S/C20H25NO4/c1-24-18-9-8-17(14-19(18)25-2)20(23)21-12-10-16(11-13-22)15-6-4-3-5-7-15/h3-9,14,16,22H,10-13H2,1-2H3,(H,21,23). The fourth-order valence-corrected chi connectivity index (χ4v) is 2.80. The zero-order valence-corrected chi connectivity index (χ0v) is 14.7. The summed E-state index contributed by atoms with van der Waals surface area (Å²) in [6, 6.07) is 15.1. The Hall–Kier alpha value is -2.53. The lowest BCUT2D eigenvalue weighted by atomic mass is 9.93. The number of benzene rings is 2. The van der Waals surface area contributed by atoms with E-state index in [-0.39, 0.29) is 18.4 Å². The van der Waals surface area contributed by atoms with Gasteiger partial charge >= 0.3 is 0 Å². The maximum atomic E-state index is 12.3. The van der Waals surface area contributed by atoms with Crippen molar-refractivity contribution >= 4 is 5.91 Å². The van der Waals surface area contributed by atoms with Crippen molar-refractivity contribution < 1.29 is 19.4 Å². The normalized spacial score (nSPS) is 11.6. The highest BCUT2D eigenvalue weighted by atomic mass is 16.5. The van der Waals surface area contributed by atoms with Crippen LogP contribution >= 0.6 is 0 Å². The molecule has 0 saturated heterocycles. The number of nitrogens with one attached hydrogen (secondary N) is 1. The van der Waals surface area contributed by atoms with Gasteiger partial charge in [-0.3, -0.25) is 4.79 Å². The van der Waals surface area contributed by atoms with E-state index in [2.05, 4.69) is 17.4 Å². The van der Waals surface area contributed by atoms with Gasteiger partial charge in [0.15, 0.2) is 11.5 Å². The molecule has 5 nitrogen and oxygen atoms in total. The van der Waals surface area contributed by atoms with Gasteiger partial charge in [0, 0.05) is 18.7 Å². The number of carbonyl (C=O) groups excluding carboxylic acids is 1. The molecule has 1 unspecified atom stereocenters. The summed E-state index contributed by atoms with van der Waals surface area (Å²) in [4.78, 5) is 12.3. The van der Waals surface area contributed by atoms with Crippen LogP contribution in [0.5, 0.6) is 11.5 Å². The van der Waals surface area contributed by atoms with E-state index >= 15 is 0 Å². The molecule has 1 amide bonds. The molecule has 2 aromatic rings. The highest BCUT2D eigenvalue weighted by molar-refractivity contribution is 5.94. The Morgan fingerprint density at radius 2 is 1.76 bits per heavy atom. The van der Waals surface area contributed by atoms with Crippen molar-refractivity contribution in [2.75, 3.05) is 27.4 Å². The largest absolute Gasteiger partial charge is 0.493 e. The first-order valence-corrected chi connectivity index (χ1v) is 8.35. The second-order valence-corrected chi connectivity index (χ2v) is 5.73. The monoisotopic (exact) mass is 343 g/mol. The Bertz CT molecular complexity index is 673. The lowest BCUT2D eigenvalue weighted by Gasteiger charge is -2.17. The predicted molar refractivity (Wildman–Crippen MR) is 97.4 cm³/mol. The average molecular weight is 343 g/mol. The Morgan fingerprint density at radius 3 is 2.40 bits per heavy atom. The number of carbonyl (C=O) groups is 1. The third kappa shape index (κ3) is 5.22. The summed E-state index contributed by atoms with van der Waals surface area (Å²) in [6.45, 7) is 0.663. The van der Waals surface area contributed by atoms with E-state index in [9.17, 15) is 9.90 Å². The third-order valence-electron chi connectivity index (χ3n) is 4.17. The summed E-state index contributed by atoms with van der Waals surface area (Å²) in [5.41, 5.74) is 1.70. The Kier molecular flexibility index (Phi) is 7.29. The van der Waals surface area contributed by atoms with Crippen LogP contribution in [0.25, 0.3) is 0 Å². The first kappa shape index (κ1) is 18.8. The van der Waals surface area contributed by atoms with Gasteiger partial charge in [0.1, 0.15) is 0 Å². The summed E-state index contributed by atoms with van der Waals surface area (Å²) < 4.78 is 10.4. The van der Waals surface area contributed by atoms with Crippen LogP contribution in [-0.4, -0.2) is 38.4 Å². The smallest absolute Gasteiger partial charge is 0.251 e. The molecule has 0 saturated carbocycles. The minimum absolute atomic E-state index is 0.128. The van der Waals surface area contributed by atoms with Crippen LogP contribution < -0.4 is 14.8 Å². The van der Waals surface area contributed by atoms with E-state index in [1.165, 1.54) is 5.56 Å². The maximum Gasteiger partial charge on any atom is 0.251 e. The third-order valence-corrected chi connectivity index (χ3v) is 4.17. The Labute approximate surface area is 148 Å². The number of methoxy groups -OCH3 is 2. The zero-order valence-electron chi connectivity index (χ0n) is 14.7. The number of aliphatic hydroxyl groups excluding tert-OH is 1. The van der Waals surface area contributed by atoms with Crippen LogP contribution in [-0.2, 0) is 0 Å². The summed E-state index contributed by atoms with van der Waals surface area (Å²) in [7, 11) is 3.10. The number of hydrogen-bond acceptors (Lipinski definition) is 4. The molecule has 2 N–H and O–H groups in total. The fourth-order valence-electron chi connectivity index (χ4n) is 2.80. The van der Waals surface area contributed by atoms with Gasteiger partial charge in [-0.25, -0.2) is 0 Å². The van der Waals surface area contributed by atoms with E-state index in [0.717, 1.165) is 6.42 Å². The van der Waals surface area contributed by atoms with Crippen LogP contribution in [0.15, 0.2) is 48.5 Å². The van der Waals surface area contributed by atoms with Gasteiger partial charge in [-0.1, -0.05) is 30.3 Å². The van der Waals surface area contributed by atoms with Gasteiger partial charge in [0.05, 0.1) is 14.2 Å². The maximum absolute atomic E-state index is 12.3. The second-order valence-electron chi connectivity index (χ2n) is 5.73. The Morgan fingerprint density at radius 1 is 1.04 bits per heavy atom. The molecule has 2 aromatic carbocycles. The molecule has 134 valence electrons. The number of hydrogen-bond donors (Lipinski definition) is 2. The van der Waals surface area contributed by atoms with Crippen LogP contribution in [0.3, 0.4) is 0 Å². The zero-order chi connectivity index (χ0) is 18.1. The van der Waals surface area contributed by atoms with Crippen molar-refractivity contribution in [3.8, 4) is 11.5 Å². The second kappa shape index (κ2) is 9.69. The van der Waals surface area contributed by atoms with Crippen LogP contribution in [0, 0.1) is 0 Å². The molecule has 0 aromatic heterocycles. The lowest BCUT2D eigenvalue weighted by Crippen LogP contribution is -2.25. The van der Waals surface area contributed by atoms with Gasteiger partial charge in [-0.05, 0) is 42.5 Å². The van der Waals surface area contributed by atoms with Gasteiger partial charge in [-0.2, -0.15) is 0 Å². The number of amides is 1. The van der Waals surface area contributed by atoms with Gasteiger partial charge in [-0.15, -0.1) is 0 Å². The van der Waals surface area contributed by atoms with E-state index in [1.54, 1.807) is 32.4 Å². The van der Waals surface area contributed by atoms with E-state index in [4.69, 9.17) is 9.47 Å². The van der Waals surface area contributed by atoms with Crippen molar-refractivity contribution in [2.24, 2.45) is 0 Å². The van der Waals surface area contributed by atoms with Gasteiger partial charge in [0.25, 0.3) is 5.91 Å². The van der Waals surface area contributed by atoms with E-state index in [1.807, 2.05) is 18.2 Å². The molecule has 0 fully saturated rings. The minimum Gasteiger partial charge on any atom is -0.493 e. The molecule has 0 aliphatic rings. The van der Waals surface area contributed by atoms with E-state index < -0.39 is 0 Å². The number of aliphatic hydroxyl groups is 1. The predicted octanol–water partition coefficient (Wildman–Crippen LogP) is 2.99. The molecule has 5 heteroatoms. The van der Waals surface area contributed by atoms with Crippen molar-refractivity contribution in [3.05, 3.63) is 59.7 Å². The molecular formula is C20H25NO4. The molecule has 0 aliphatic carbocycles. The van der Waals surface area contributed by atoms with Gasteiger partial charge < -0.3 is 19.9 Å². The summed E-state index contributed by atoms with van der Waals surface area (Å²) >= 11 is 0. The number of ether oxygens (including phenoxy) is 2. The fraction of sp³-hybridized carbons (Fsp3) is 0.350. The van der Waals surface area contributed by atoms with E-state index in [0.29, 0.717) is 30.0 Å². The molecule has 25 heavy (non-hydrogen) atoms. The first-order chi connectivity index (χ1) is 12.2. The van der Waals surface area contributed by atoms with Crippen molar-refractivity contribution in [2.45, 2.75) is 18.8 Å². The summed E-state index contributed by atoms with van der Waals surface area (Å²) in [5, 5.41) is 12.2. The topological polar surface area (TPSA) is 67.8 Å². The molecule has 1 atom stereocenters.